The summed E-state index contributed by atoms with van der Waals surface area (Å²) in [5, 5.41) is 10.2. The number of hydrogen-bond acceptors (Lipinski definition) is 7. The van der Waals surface area contributed by atoms with Crippen LogP contribution in [0, 0.1) is 5.41 Å². The van der Waals surface area contributed by atoms with Crippen LogP contribution in [0.15, 0.2) is 42.5 Å². The van der Waals surface area contributed by atoms with Crippen molar-refractivity contribution in [3.8, 4) is 16.9 Å². The summed E-state index contributed by atoms with van der Waals surface area (Å²) in [7, 11) is 1.70. The molecule has 4 aliphatic rings. The Kier molecular flexibility index (Phi) is 4.57. The summed E-state index contributed by atoms with van der Waals surface area (Å²) in [6.45, 7) is 1.55. The number of ether oxygens (including phenoxy) is 1. The minimum atomic E-state index is -1.05. The second-order valence-corrected chi connectivity index (χ2v) is 9.68. The summed E-state index contributed by atoms with van der Waals surface area (Å²) >= 11 is 0. The fraction of sp³-hybridized carbons (Fsp3) is 0.458. The first kappa shape index (κ1) is 20.1. The SMILES string of the molecule is COc1ccc(C2NNNN2)cc1-c1ccc([C@@H]2C[C@]23CCN(C(=O)C2(O)CC2)C3)cc1. The van der Waals surface area contributed by atoms with E-state index in [1.165, 1.54) is 5.56 Å². The molecule has 8 nitrogen and oxygen atoms in total. The summed E-state index contributed by atoms with van der Waals surface area (Å²) < 4.78 is 5.62. The van der Waals surface area contributed by atoms with Crippen molar-refractivity contribution in [3.63, 3.8) is 0 Å². The van der Waals surface area contributed by atoms with Gasteiger partial charge in [0.05, 0.1) is 7.11 Å². The first-order valence-electron chi connectivity index (χ1n) is 11.3. The molecule has 2 saturated carbocycles. The standard InChI is InChI=1S/C24H29N5O3/c1-32-20-7-6-17(21-25-27-28-26-21)12-18(20)15-2-4-16(5-3-15)19-13-23(19)10-11-29(14-23)22(30)24(31)8-9-24/h2-7,12,19,21,25-28,31H,8-11,13-14H2,1H3/t19-,23-/m0/s1. The van der Waals surface area contributed by atoms with Crippen molar-refractivity contribution in [1.29, 1.82) is 0 Å². The number of carbonyl (C=O) groups is 1. The summed E-state index contributed by atoms with van der Waals surface area (Å²) in [4.78, 5) is 14.4. The van der Waals surface area contributed by atoms with Crippen LogP contribution in [-0.2, 0) is 4.79 Å². The number of benzene rings is 2. The maximum atomic E-state index is 12.5. The Bertz CT molecular complexity index is 1050. The van der Waals surface area contributed by atoms with Crippen LogP contribution in [0.2, 0.25) is 0 Å². The minimum absolute atomic E-state index is 0.0352. The van der Waals surface area contributed by atoms with Gasteiger partial charge in [0.2, 0.25) is 0 Å². The molecule has 1 spiro atoms. The van der Waals surface area contributed by atoms with Crippen LogP contribution >= 0.6 is 0 Å². The van der Waals surface area contributed by atoms with Gasteiger partial charge in [0.1, 0.15) is 17.5 Å². The number of carbonyl (C=O) groups excluding carboxylic acids is 1. The lowest BCUT2D eigenvalue weighted by molar-refractivity contribution is -0.141. The molecule has 0 aromatic heterocycles. The lowest BCUT2D eigenvalue weighted by Gasteiger charge is -2.20. The van der Waals surface area contributed by atoms with Gasteiger partial charge in [-0.25, -0.2) is 10.9 Å². The highest BCUT2D eigenvalue weighted by Gasteiger charge is 2.61. The van der Waals surface area contributed by atoms with Crippen molar-refractivity contribution >= 4 is 5.91 Å². The van der Waals surface area contributed by atoms with E-state index in [9.17, 15) is 9.90 Å². The smallest absolute Gasteiger partial charge is 0.254 e. The van der Waals surface area contributed by atoms with Crippen molar-refractivity contribution < 1.29 is 14.6 Å². The molecule has 5 N–H and O–H groups in total. The number of hydrazine groups is 3. The van der Waals surface area contributed by atoms with Crippen LogP contribution in [0.3, 0.4) is 0 Å². The Balaban J connectivity index is 1.19. The minimum Gasteiger partial charge on any atom is -0.496 e. The van der Waals surface area contributed by atoms with Crippen LogP contribution in [-0.4, -0.2) is 41.7 Å². The third-order valence-corrected chi connectivity index (χ3v) is 7.66. The zero-order valence-corrected chi connectivity index (χ0v) is 18.1. The highest BCUT2D eigenvalue weighted by molar-refractivity contribution is 5.88. The number of amides is 1. The third-order valence-electron chi connectivity index (χ3n) is 7.66. The molecule has 2 atom stereocenters. The van der Waals surface area contributed by atoms with Gasteiger partial charge < -0.3 is 14.7 Å². The van der Waals surface area contributed by atoms with E-state index in [4.69, 9.17) is 4.74 Å². The van der Waals surface area contributed by atoms with Crippen LogP contribution < -0.4 is 26.7 Å². The molecule has 2 aromatic rings. The predicted molar refractivity (Wildman–Crippen MR) is 119 cm³/mol. The van der Waals surface area contributed by atoms with E-state index < -0.39 is 5.60 Å². The van der Waals surface area contributed by atoms with E-state index in [-0.39, 0.29) is 17.5 Å². The molecule has 2 aromatic carbocycles. The van der Waals surface area contributed by atoms with Crippen molar-refractivity contribution in [3.05, 3.63) is 53.6 Å². The number of nitrogens with zero attached hydrogens (tertiary/aromatic N) is 1. The molecular weight excluding hydrogens is 406 g/mol. The van der Waals surface area contributed by atoms with Crippen LogP contribution in [0.1, 0.15) is 48.9 Å². The van der Waals surface area contributed by atoms with Gasteiger partial charge in [-0.3, -0.25) is 4.79 Å². The van der Waals surface area contributed by atoms with Gasteiger partial charge in [-0.15, -0.1) is 0 Å². The maximum absolute atomic E-state index is 12.5. The molecule has 32 heavy (non-hydrogen) atoms. The molecule has 0 unspecified atom stereocenters. The molecule has 8 heteroatoms. The van der Waals surface area contributed by atoms with Crippen molar-refractivity contribution in [1.82, 2.24) is 26.8 Å². The Morgan fingerprint density at radius 2 is 1.78 bits per heavy atom. The van der Waals surface area contributed by atoms with Gasteiger partial charge in [0, 0.05) is 18.7 Å². The third kappa shape index (κ3) is 3.30. The molecule has 4 fully saturated rings. The van der Waals surface area contributed by atoms with Gasteiger partial charge >= 0.3 is 0 Å². The lowest BCUT2D eigenvalue weighted by atomic mass is 9.95. The van der Waals surface area contributed by atoms with Crippen LogP contribution in [0.25, 0.3) is 11.1 Å². The predicted octanol–water partition coefficient (Wildman–Crippen LogP) is 1.71. The summed E-state index contributed by atoms with van der Waals surface area (Å²) in [6, 6.07) is 14.9. The monoisotopic (exact) mass is 435 g/mol. The number of rotatable bonds is 5. The molecular formula is C24H29N5O3. The van der Waals surface area contributed by atoms with Crippen molar-refractivity contribution in [2.45, 2.75) is 43.4 Å². The van der Waals surface area contributed by atoms with Crippen LogP contribution in [0.5, 0.6) is 5.75 Å². The number of aliphatic hydroxyl groups is 1. The maximum Gasteiger partial charge on any atom is 0.254 e. The van der Waals surface area contributed by atoms with E-state index in [0.717, 1.165) is 48.4 Å². The Hall–Kier alpha value is -2.49. The first-order valence-corrected chi connectivity index (χ1v) is 11.3. The average Bonchev–Trinajstić information content (AvgIpc) is 3.56. The molecule has 6 rings (SSSR count). The number of likely N-dealkylation sites (tertiary alicyclic amines) is 1. The molecule has 2 aliphatic carbocycles. The number of methoxy groups -OCH3 is 1. The van der Waals surface area contributed by atoms with E-state index in [1.54, 1.807) is 7.11 Å². The molecule has 1 amide bonds. The first-order chi connectivity index (χ1) is 15.5. The zero-order valence-electron chi connectivity index (χ0n) is 18.1. The molecule has 2 aliphatic heterocycles. The van der Waals surface area contributed by atoms with Crippen LogP contribution in [0.4, 0.5) is 0 Å². The van der Waals surface area contributed by atoms with Gasteiger partial charge in [-0.05, 0) is 65.8 Å². The van der Waals surface area contributed by atoms with E-state index >= 15 is 0 Å². The quantitative estimate of drug-likeness (QED) is 0.488. The van der Waals surface area contributed by atoms with Gasteiger partial charge in [0.15, 0.2) is 0 Å². The largest absolute Gasteiger partial charge is 0.496 e. The summed E-state index contributed by atoms with van der Waals surface area (Å²) in [5.74, 6) is 1.27. The van der Waals surface area contributed by atoms with Crippen molar-refractivity contribution in [2.24, 2.45) is 5.41 Å². The molecule has 0 bridgehead atoms. The van der Waals surface area contributed by atoms with Gasteiger partial charge in [-0.2, -0.15) is 11.1 Å². The normalized spacial score (nSPS) is 28.3. The van der Waals surface area contributed by atoms with Gasteiger partial charge in [0.25, 0.3) is 5.91 Å². The van der Waals surface area contributed by atoms with Crippen molar-refractivity contribution in [2.75, 3.05) is 20.2 Å². The topological polar surface area (TPSA) is 97.9 Å². The molecule has 2 heterocycles. The Labute approximate surface area is 187 Å². The zero-order chi connectivity index (χ0) is 21.9. The highest BCUT2D eigenvalue weighted by Crippen LogP contribution is 2.64. The van der Waals surface area contributed by atoms with E-state index in [1.807, 2.05) is 17.0 Å². The van der Waals surface area contributed by atoms with E-state index in [0.29, 0.717) is 18.8 Å². The second-order valence-electron chi connectivity index (χ2n) is 9.68. The van der Waals surface area contributed by atoms with Gasteiger partial charge in [-0.1, -0.05) is 30.3 Å². The Morgan fingerprint density at radius 1 is 1.06 bits per heavy atom. The lowest BCUT2D eigenvalue weighted by Crippen LogP contribution is -2.39. The fourth-order valence-corrected chi connectivity index (χ4v) is 5.41. The molecule has 0 radical (unpaired) electrons. The fourth-order valence-electron chi connectivity index (χ4n) is 5.41. The average molecular weight is 436 g/mol. The second kappa shape index (κ2) is 7.26. The Morgan fingerprint density at radius 3 is 2.47 bits per heavy atom. The summed E-state index contributed by atoms with van der Waals surface area (Å²) in [6.07, 6.45) is 3.34. The molecule has 2 saturated heterocycles. The number of hydrogen-bond donors (Lipinski definition) is 5. The summed E-state index contributed by atoms with van der Waals surface area (Å²) in [5.41, 5.74) is 15.7. The highest BCUT2D eigenvalue weighted by atomic mass is 16.5. The molecule has 168 valence electrons. The number of nitrogens with one attached hydrogen (secondary N) is 4. The van der Waals surface area contributed by atoms with E-state index in [2.05, 4.69) is 52.3 Å².